The molecule has 2 aromatic heterocycles. The first-order chi connectivity index (χ1) is 12.7. The summed E-state index contributed by atoms with van der Waals surface area (Å²) < 4.78 is 65.9. The molecule has 2 aromatic rings. The minimum atomic E-state index is -4.64. The van der Waals surface area contributed by atoms with Crippen molar-refractivity contribution in [2.75, 3.05) is 6.54 Å². The minimum Gasteiger partial charge on any atom is -0.351 e. The first-order valence-corrected chi connectivity index (χ1v) is 8.51. The Balaban J connectivity index is 1.61. The Morgan fingerprint density at radius 3 is 2.67 bits per heavy atom. The molecule has 27 heavy (non-hydrogen) atoms. The SMILES string of the molecule is O=C(NCCCn1nc(C(F)(F)F)c(Cl)c1C1CC1)c1ccnn1C(F)F. The van der Waals surface area contributed by atoms with E-state index in [9.17, 15) is 26.7 Å². The first kappa shape index (κ1) is 19.6. The number of rotatable bonds is 7. The van der Waals surface area contributed by atoms with Gasteiger partial charge in [-0.2, -0.15) is 36.8 Å². The molecule has 12 heteroatoms. The van der Waals surface area contributed by atoms with Crippen molar-refractivity contribution in [3.05, 3.63) is 34.4 Å². The van der Waals surface area contributed by atoms with Crippen LogP contribution in [0, 0.1) is 0 Å². The summed E-state index contributed by atoms with van der Waals surface area (Å²) in [7, 11) is 0. The van der Waals surface area contributed by atoms with Gasteiger partial charge in [0.25, 0.3) is 5.91 Å². The smallest absolute Gasteiger partial charge is 0.351 e. The maximum absolute atomic E-state index is 13.0. The molecule has 0 radical (unpaired) electrons. The molecule has 148 valence electrons. The number of hydrogen-bond acceptors (Lipinski definition) is 3. The molecular formula is C15H15ClF5N5O. The first-order valence-electron chi connectivity index (χ1n) is 8.13. The van der Waals surface area contributed by atoms with Crippen molar-refractivity contribution < 1.29 is 26.7 Å². The van der Waals surface area contributed by atoms with Crippen LogP contribution in [0.1, 0.15) is 53.6 Å². The van der Waals surface area contributed by atoms with Gasteiger partial charge in [-0.05, 0) is 25.3 Å². The van der Waals surface area contributed by atoms with Gasteiger partial charge >= 0.3 is 12.7 Å². The number of aromatic nitrogens is 4. The Hall–Kier alpha value is -2.17. The summed E-state index contributed by atoms with van der Waals surface area (Å²) in [5.74, 6) is -0.791. The second-order valence-electron chi connectivity index (χ2n) is 6.09. The highest BCUT2D eigenvalue weighted by molar-refractivity contribution is 6.32. The van der Waals surface area contributed by atoms with Gasteiger partial charge < -0.3 is 5.32 Å². The summed E-state index contributed by atoms with van der Waals surface area (Å²) in [5.41, 5.74) is -1.06. The van der Waals surface area contributed by atoms with E-state index in [2.05, 4.69) is 15.5 Å². The molecule has 0 bridgehead atoms. The summed E-state index contributed by atoms with van der Waals surface area (Å²) >= 11 is 5.87. The fourth-order valence-electron chi connectivity index (χ4n) is 2.72. The van der Waals surface area contributed by atoms with Gasteiger partial charge in [0.05, 0.1) is 10.7 Å². The van der Waals surface area contributed by atoms with Crippen molar-refractivity contribution in [1.29, 1.82) is 0 Å². The predicted octanol–water partition coefficient (Wildman–Crippen LogP) is 3.84. The van der Waals surface area contributed by atoms with Crippen molar-refractivity contribution in [3.8, 4) is 0 Å². The molecule has 1 amide bonds. The summed E-state index contributed by atoms with van der Waals surface area (Å²) in [6.45, 7) is -2.78. The van der Waals surface area contributed by atoms with E-state index >= 15 is 0 Å². The number of carbonyl (C=O) groups excluding carboxylic acids is 1. The maximum atomic E-state index is 13.0. The molecule has 0 aliphatic heterocycles. The van der Waals surface area contributed by atoms with Gasteiger partial charge in [-0.15, -0.1) is 0 Å². The van der Waals surface area contributed by atoms with E-state index in [4.69, 9.17) is 11.6 Å². The third kappa shape index (κ3) is 4.23. The van der Waals surface area contributed by atoms with Gasteiger partial charge in [-0.25, -0.2) is 0 Å². The number of alkyl halides is 5. The monoisotopic (exact) mass is 411 g/mol. The molecule has 1 N–H and O–H groups in total. The van der Waals surface area contributed by atoms with Gasteiger partial charge in [0.1, 0.15) is 5.69 Å². The Bertz CT molecular complexity index is 827. The highest BCUT2D eigenvalue weighted by atomic mass is 35.5. The molecule has 0 unspecified atom stereocenters. The minimum absolute atomic E-state index is 0.0453. The lowest BCUT2D eigenvalue weighted by atomic mass is 10.2. The third-order valence-electron chi connectivity index (χ3n) is 4.08. The zero-order valence-electron chi connectivity index (χ0n) is 13.8. The van der Waals surface area contributed by atoms with Gasteiger partial charge in [0.15, 0.2) is 5.69 Å². The summed E-state index contributed by atoms with van der Waals surface area (Å²) in [4.78, 5) is 11.9. The van der Waals surface area contributed by atoms with Crippen molar-refractivity contribution in [3.63, 3.8) is 0 Å². The van der Waals surface area contributed by atoms with E-state index in [1.165, 1.54) is 4.68 Å². The largest absolute Gasteiger partial charge is 0.436 e. The average molecular weight is 412 g/mol. The summed E-state index contributed by atoms with van der Waals surface area (Å²) in [5, 5.41) is 8.99. The topological polar surface area (TPSA) is 64.7 Å². The summed E-state index contributed by atoms with van der Waals surface area (Å²) in [6.07, 6.45) is -1.82. The van der Waals surface area contributed by atoms with Crippen molar-refractivity contribution in [1.82, 2.24) is 24.9 Å². The molecule has 0 spiro atoms. The number of nitrogens with zero attached hydrogens (tertiary/aromatic N) is 4. The van der Waals surface area contributed by atoms with E-state index in [1.54, 1.807) is 0 Å². The fraction of sp³-hybridized carbons (Fsp3) is 0.533. The molecule has 1 fully saturated rings. The van der Waals surface area contributed by atoms with Crippen LogP contribution in [-0.4, -0.2) is 32.0 Å². The van der Waals surface area contributed by atoms with Crippen LogP contribution in [0.25, 0.3) is 0 Å². The molecule has 1 aliphatic rings. The second-order valence-corrected chi connectivity index (χ2v) is 6.47. The number of carbonyl (C=O) groups is 1. The Labute approximate surface area is 155 Å². The third-order valence-corrected chi connectivity index (χ3v) is 4.46. The lowest BCUT2D eigenvalue weighted by Crippen LogP contribution is -2.28. The molecule has 6 nitrogen and oxygen atoms in total. The zero-order chi connectivity index (χ0) is 19.8. The van der Waals surface area contributed by atoms with Crippen molar-refractivity contribution >= 4 is 17.5 Å². The zero-order valence-corrected chi connectivity index (χ0v) is 14.6. The van der Waals surface area contributed by atoms with E-state index in [1.807, 2.05) is 0 Å². The Morgan fingerprint density at radius 2 is 2.07 bits per heavy atom. The molecule has 1 saturated carbocycles. The van der Waals surface area contributed by atoms with Crippen LogP contribution in [0.4, 0.5) is 22.0 Å². The molecule has 1 aliphatic carbocycles. The van der Waals surface area contributed by atoms with Gasteiger partial charge in [-0.3, -0.25) is 9.48 Å². The lowest BCUT2D eigenvalue weighted by molar-refractivity contribution is -0.141. The summed E-state index contributed by atoms with van der Waals surface area (Å²) in [6, 6.07) is 1.15. The van der Waals surface area contributed by atoms with Crippen molar-refractivity contribution in [2.45, 2.75) is 44.5 Å². The quantitative estimate of drug-likeness (QED) is 0.556. The molecule has 0 aromatic carbocycles. The number of hydrogen-bond donors (Lipinski definition) is 1. The predicted molar refractivity (Wildman–Crippen MR) is 84.6 cm³/mol. The fourth-order valence-corrected chi connectivity index (χ4v) is 3.12. The number of amides is 1. The van der Waals surface area contributed by atoms with Gasteiger partial charge in [0.2, 0.25) is 0 Å². The van der Waals surface area contributed by atoms with Crippen LogP contribution in [0.15, 0.2) is 12.3 Å². The maximum Gasteiger partial charge on any atom is 0.436 e. The van der Waals surface area contributed by atoms with Crippen LogP contribution in [0.2, 0.25) is 5.02 Å². The molecule has 0 saturated heterocycles. The van der Waals surface area contributed by atoms with Gasteiger partial charge in [-0.1, -0.05) is 11.6 Å². The number of nitrogens with one attached hydrogen (secondary N) is 1. The van der Waals surface area contributed by atoms with Crippen LogP contribution in [0.5, 0.6) is 0 Å². The highest BCUT2D eigenvalue weighted by Crippen LogP contribution is 2.46. The van der Waals surface area contributed by atoms with Crippen LogP contribution in [0.3, 0.4) is 0 Å². The standard InChI is InChI=1S/C15H15ClF5N5O/c16-10-11(8-2-3-8)25(24-12(10)15(19,20)21)7-1-5-22-13(27)9-4-6-23-26(9)14(17)18/h4,6,8,14H,1-3,5,7H2,(H,22,27). The average Bonchev–Trinajstić information content (AvgIpc) is 3.17. The Morgan fingerprint density at radius 1 is 1.37 bits per heavy atom. The van der Waals surface area contributed by atoms with Gasteiger partial charge in [0, 0.05) is 25.2 Å². The molecule has 3 rings (SSSR count). The molecular weight excluding hydrogens is 397 g/mol. The van der Waals surface area contributed by atoms with E-state index in [0.29, 0.717) is 5.69 Å². The highest BCUT2D eigenvalue weighted by Gasteiger charge is 2.41. The van der Waals surface area contributed by atoms with E-state index in [0.717, 1.165) is 25.1 Å². The number of halogens is 6. The Kier molecular flexibility index (Phi) is 5.41. The van der Waals surface area contributed by atoms with Crippen molar-refractivity contribution in [2.24, 2.45) is 0 Å². The van der Waals surface area contributed by atoms with E-state index in [-0.39, 0.29) is 40.8 Å². The normalized spacial score (nSPS) is 14.8. The number of aryl methyl sites for hydroxylation is 1. The van der Waals surface area contributed by atoms with E-state index < -0.39 is 24.3 Å². The second kappa shape index (κ2) is 7.45. The van der Waals surface area contributed by atoms with Crippen LogP contribution in [-0.2, 0) is 12.7 Å². The molecule has 0 atom stereocenters. The van der Waals surface area contributed by atoms with Crippen LogP contribution >= 0.6 is 11.6 Å². The molecule has 2 heterocycles. The van der Waals surface area contributed by atoms with Crippen LogP contribution < -0.4 is 5.32 Å². The lowest BCUT2D eigenvalue weighted by Gasteiger charge is -2.09.